The smallest absolute Gasteiger partial charge is 0.421 e. The number of para-hydroxylation sites is 1. The Morgan fingerprint density at radius 2 is 1.90 bits per heavy atom. The minimum absolute atomic E-state index is 0.0350. The highest BCUT2D eigenvalue weighted by molar-refractivity contribution is 5.80. The van der Waals surface area contributed by atoms with E-state index in [1.807, 2.05) is 18.2 Å². The van der Waals surface area contributed by atoms with Crippen molar-refractivity contribution in [3.8, 4) is 5.88 Å². The summed E-state index contributed by atoms with van der Waals surface area (Å²) in [6.07, 6.45) is -1.28. The Bertz CT molecular complexity index is 821. The van der Waals surface area contributed by atoms with Crippen molar-refractivity contribution in [2.45, 2.75) is 25.1 Å². The average Bonchev–Trinajstić information content (AvgIpc) is 2.76. The van der Waals surface area contributed by atoms with Crippen LogP contribution < -0.4 is 20.3 Å². The van der Waals surface area contributed by atoms with Crippen molar-refractivity contribution in [3.63, 3.8) is 0 Å². The third-order valence-corrected chi connectivity index (χ3v) is 4.89. The van der Waals surface area contributed by atoms with Crippen LogP contribution in [0.5, 0.6) is 5.88 Å². The van der Waals surface area contributed by atoms with Crippen LogP contribution in [-0.2, 0) is 6.18 Å². The molecule has 0 amide bonds. The van der Waals surface area contributed by atoms with Gasteiger partial charge < -0.3 is 20.3 Å². The SMILES string of the molecule is CN=C(NCCOc1ncccc1C(F)(F)F)NC1CCN(c2ccccc2)CC1. The molecule has 1 saturated heterocycles. The van der Waals surface area contributed by atoms with Gasteiger partial charge in [-0.1, -0.05) is 18.2 Å². The summed E-state index contributed by atoms with van der Waals surface area (Å²) in [5.41, 5.74) is 0.348. The van der Waals surface area contributed by atoms with E-state index in [0.29, 0.717) is 12.5 Å². The molecule has 1 aliphatic rings. The number of piperidine rings is 1. The molecular weight excluding hydrogens is 395 g/mol. The number of benzene rings is 1. The number of nitrogens with one attached hydrogen (secondary N) is 2. The van der Waals surface area contributed by atoms with Gasteiger partial charge in [-0.05, 0) is 37.1 Å². The van der Waals surface area contributed by atoms with Gasteiger partial charge in [-0.2, -0.15) is 13.2 Å². The van der Waals surface area contributed by atoms with E-state index in [4.69, 9.17) is 4.74 Å². The van der Waals surface area contributed by atoms with Crippen molar-refractivity contribution in [1.29, 1.82) is 0 Å². The highest BCUT2D eigenvalue weighted by Crippen LogP contribution is 2.34. The van der Waals surface area contributed by atoms with Gasteiger partial charge in [0.15, 0.2) is 5.96 Å². The van der Waals surface area contributed by atoms with Crippen LogP contribution in [0.2, 0.25) is 0 Å². The van der Waals surface area contributed by atoms with Crippen LogP contribution in [0.15, 0.2) is 53.7 Å². The molecule has 0 saturated carbocycles. The van der Waals surface area contributed by atoms with Crippen molar-refractivity contribution in [2.24, 2.45) is 4.99 Å². The standard InChI is InChI=1S/C21H26F3N5O/c1-25-20(27-12-15-30-19-18(21(22,23)24)8-5-11-26-19)28-16-9-13-29(14-10-16)17-6-3-2-4-7-17/h2-8,11,16H,9-10,12-15H2,1H3,(H2,25,27,28). The predicted molar refractivity (Wildman–Crippen MR) is 111 cm³/mol. The first kappa shape index (κ1) is 21.7. The van der Waals surface area contributed by atoms with Crippen LogP contribution in [0, 0.1) is 0 Å². The lowest BCUT2D eigenvalue weighted by atomic mass is 10.0. The van der Waals surface area contributed by atoms with Crippen LogP contribution in [0.3, 0.4) is 0 Å². The van der Waals surface area contributed by atoms with Crippen molar-refractivity contribution in [3.05, 3.63) is 54.2 Å². The molecule has 0 aliphatic carbocycles. The van der Waals surface area contributed by atoms with Crippen molar-refractivity contribution < 1.29 is 17.9 Å². The Morgan fingerprint density at radius 1 is 1.17 bits per heavy atom. The fraction of sp³-hybridized carbons (Fsp3) is 0.429. The molecule has 30 heavy (non-hydrogen) atoms. The van der Waals surface area contributed by atoms with E-state index in [-0.39, 0.29) is 12.6 Å². The molecule has 9 heteroatoms. The highest BCUT2D eigenvalue weighted by Gasteiger charge is 2.35. The summed E-state index contributed by atoms with van der Waals surface area (Å²) in [4.78, 5) is 10.2. The zero-order valence-corrected chi connectivity index (χ0v) is 16.8. The number of alkyl halides is 3. The Kier molecular flexibility index (Phi) is 7.37. The number of pyridine rings is 1. The minimum atomic E-state index is -4.50. The Labute approximate surface area is 174 Å². The van der Waals surface area contributed by atoms with Crippen molar-refractivity contribution in [2.75, 3.05) is 38.2 Å². The normalized spacial score (nSPS) is 15.7. The molecule has 1 aromatic carbocycles. The third-order valence-electron chi connectivity index (χ3n) is 4.89. The molecule has 2 aromatic rings. The fourth-order valence-electron chi connectivity index (χ4n) is 3.35. The monoisotopic (exact) mass is 421 g/mol. The summed E-state index contributed by atoms with van der Waals surface area (Å²) in [7, 11) is 1.66. The maximum atomic E-state index is 13.0. The van der Waals surface area contributed by atoms with Gasteiger partial charge >= 0.3 is 6.18 Å². The molecule has 162 valence electrons. The number of hydrogen-bond donors (Lipinski definition) is 2. The van der Waals surface area contributed by atoms with Crippen molar-refractivity contribution in [1.82, 2.24) is 15.6 Å². The Balaban J connectivity index is 1.41. The minimum Gasteiger partial charge on any atom is -0.475 e. The highest BCUT2D eigenvalue weighted by atomic mass is 19.4. The van der Waals surface area contributed by atoms with E-state index in [1.165, 1.54) is 18.0 Å². The number of aromatic nitrogens is 1. The molecule has 1 aromatic heterocycles. The lowest BCUT2D eigenvalue weighted by Gasteiger charge is -2.34. The summed E-state index contributed by atoms with van der Waals surface area (Å²) in [5.74, 6) is 0.192. The number of hydrogen-bond acceptors (Lipinski definition) is 4. The van der Waals surface area contributed by atoms with Crippen LogP contribution in [0.25, 0.3) is 0 Å². The quantitative estimate of drug-likeness (QED) is 0.426. The van der Waals surface area contributed by atoms with Crippen LogP contribution in [0.1, 0.15) is 18.4 Å². The second-order valence-electron chi connectivity index (χ2n) is 6.94. The molecule has 6 nitrogen and oxygen atoms in total. The van der Waals surface area contributed by atoms with Gasteiger partial charge in [-0.15, -0.1) is 0 Å². The fourth-order valence-corrected chi connectivity index (χ4v) is 3.35. The first-order valence-corrected chi connectivity index (χ1v) is 9.89. The zero-order chi connectivity index (χ0) is 21.4. The summed E-state index contributed by atoms with van der Waals surface area (Å²) >= 11 is 0. The average molecular weight is 421 g/mol. The van der Waals surface area contributed by atoms with E-state index < -0.39 is 17.6 Å². The Hall–Kier alpha value is -2.97. The molecule has 0 atom stereocenters. The number of nitrogens with zero attached hydrogens (tertiary/aromatic N) is 3. The van der Waals surface area contributed by atoms with E-state index in [9.17, 15) is 13.2 Å². The van der Waals surface area contributed by atoms with E-state index in [2.05, 4.69) is 37.6 Å². The molecule has 1 aliphatic heterocycles. The lowest BCUT2D eigenvalue weighted by molar-refractivity contribution is -0.139. The van der Waals surface area contributed by atoms with E-state index in [1.54, 1.807) is 7.05 Å². The number of halogens is 3. The lowest BCUT2D eigenvalue weighted by Crippen LogP contribution is -2.49. The summed E-state index contributed by atoms with van der Waals surface area (Å²) < 4.78 is 44.1. The number of rotatable bonds is 6. The largest absolute Gasteiger partial charge is 0.475 e. The predicted octanol–water partition coefficient (Wildman–Crippen LogP) is 3.31. The molecular formula is C21H26F3N5O. The third kappa shape index (κ3) is 6.01. The number of ether oxygens (including phenoxy) is 1. The van der Waals surface area contributed by atoms with Gasteiger partial charge in [0.05, 0.1) is 6.54 Å². The van der Waals surface area contributed by atoms with Gasteiger partial charge in [0.2, 0.25) is 5.88 Å². The summed E-state index contributed by atoms with van der Waals surface area (Å²) in [5, 5.41) is 6.45. The van der Waals surface area contributed by atoms with E-state index in [0.717, 1.165) is 32.0 Å². The molecule has 2 N–H and O–H groups in total. The summed E-state index contributed by atoms with van der Waals surface area (Å²) in [6.45, 7) is 2.23. The van der Waals surface area contributed by atoms with Crippen LogP contribution >= 0.6 is 0 Å². The van der Waals surface area contributed by atoms with Gasteiger partial charge in [0.1, 0.15) is 12.2 Å². The van der Waals surface area contributed by atoms with Gasteiger partial charge in [0, 0.05) is 38.1 Å². The molecule has 1 fully saturated rings. The van der Waals surface area contributed by atoms with E-state index >= 15 is 0 Å². The number of aliphatic imine (C=N–C) groups is 1. The number of anilines is 1. The van der Waals surface area contributed by atoms with Crippen LogP contribution in [0.4, 0.5) is 18.9 Å². The maximum Gasteiger partial charge on any atom is 0.421 e. The second kappa shape index (κ2) is 10.2. The molecule has 3 rings (SSSR count). The van der Waals surface area contributed by atoms with Crippen molar-refractivity contribution >= 4 is 11.6 Å². The van der Waals surface area contributed by atoms with Gasteiger partial charge in [-0.3, -0.25) is 4.99 Å². The Morgan fingerprint density at radius 3 is 2.57 bits per heavy atom. The second-order valence-corrected chi connectivity index (χ2v) is 6.94. The summed E-state index contributed by atoms with van der Waals surface area (Å²) in [6, 6.07) is 12.8. The molecule has 0 radical (unpaired) electrons. The van der Waals surface area contributed by atoms with Gasteiger partial charge in [-0.25, -0.2) is 4.98 Å². The first-order valence-electron chi connectivity index (χ1n) is 9.89. The molecule has 0 bridgehead atoms. The molecule has 0 unspecified atom stereocenters. The van der Waals surface area contributed by atoms with Crippen LogP contribution in [-0.4, -0.2) is 50.3 Å². The first-order chi connectivity index (χ1) is 14.5. The molecule has 2 heterocycles. The molecule has 0 spiro atoms. The number of guanidine groups is 1. The maximum absolute atomic E-state index is 13.0. The zero-order valence-electron chi connectivity index (χ0n) is 16.8. The van der Waals surface area contributed by atoms with Gasteiger partial charge in [0.25, 0.3) is 0 Å². The topological polar surface area (TPSA) is 61.8 Å².